The number of rotatable bonds is 3. The van der Waals surface area contributed by atoms with Crippen LogP contribution in [0.4, 0.5) is 5.69 Å². The van der Waals surface area contributed by atoms with Crippen molar-refractivity contribution in [2.45, 2.75) is 51.1 Å². The van der Waals surface area contributed by atoms with Crippen LogP contribution >= 0.6 is 0 Å². The molecule has 0 radical (unpaired) electrons. The molecule has 2 atom stereocenters. The van der Waals surface area contributed by atoms with Gasteiger partial charge in [0.05, 0.1) is 11.4 Å². The summed E-state index contributed by atoms with van der Waals surface area (Å²) in [6.45, 7) is 4.30. The lowest BCUT2D eigenvalue weighted by Crippen LogP contribution is -2.47. The van der Waals surface area contributed by atoms with Crippen LogP contribution in [-0.4, -0.2) is 46.2 Å². The van der Waals surface area contributed by atoms with Gasteiger partial charge in [0.25, 0.3) is 5.91 Å². The molecular weight excluding hydrogens is 254 g/mol. The van der Waals surface area contributed by atoms with E-state index in [0.717, 1.165) is 31.5 Å². The summed E-state index contributed by atoms with van der Waals surface area (Å²) in [6.07, 6.45) is 5.38. The first-order valence-electron chi connectivity index (χ1n) is 7.56. The molecule has 2 aliphatic heterocycles. The van der Waals surface area contributed by atoms with Crippen molar-refractivity contribution in [2.24, 2.45) is 0 Å². The molecule has 1 amide bonds. The number of H-pyrrole nitrogens is 1. The Balaban J connectivity index is 1.62. The predicted octanol–water partition coefficient (Wildman–Crippen LogP) is 0.911. The molecule has 1 aromatic heterocycles. The monoisotopic (exact) mass is 277 g/mol. The Morgan fingerprint density at radius 1 is 1.50 bits per heavy atom. The Bertz CT molecular complexity index is 498. The van der Waals surface area contributed by atoms with Gasteiger partial charge in [0.2, 0.25) is 0 Å². The highest BCUT2D eigenvalue weighted by Gasteiger charge is 2.32. The van der Waals surface area contributed by atoms with Gasteiger partial charge in [-0.05, 0) is 38.6 Å². The SMILES string of the molecule is CCc1[nH]nc(C(=O)NC2CCN3CCCC3C2)c1N. The average molecular weight is 277 g/mol. The number of carbonyl (C=O) groups is 1. The third-order valence-corrected chi connectivity index (χ3v) is 4.61. The van der Waals surface area contributed by atoms with Crippen molar-refractivity contribution < 1.29 is 4.79 Å². The molecule has 110 valence electrons. The number of nitrogens with zero attached hydrogens (tertiary/aromatic N) is 2. The van der Waals surface area contributed by atoms with E-state index in [1.165, 1.54) is 19.4 Å². The topological polar surface area (TPSA) is 87.0 Å². The zero-order valence-corrected chi connectivity index (χ0v) is 12.0. The second-order valence-corrected chi connectivity index (χ2v) is 5.84. The number of anilines is 1. The number of nitrogens with one attached hydrogen (secondary N) is 2. The van der Waals surface area contributed by atoms with E-state index in [9.17, 15) is 4.79 Å². The van der Waals surface area contributed by atoms with Crippen LogP contribution in [0.15, 0.2) is 0 Å². The van der Waals surface area contributed by atoms with Gasteiger partial charge in [-0.1, -0.05) is 6.92 Å². The van der Waals surface area contributed by atoms with Crippen LogP contribution in [-0.2, 0) is 6.42 Å². The Morgan fingerprint density at radius 3 is 3.10 bits per heavy atom. The number of fused-ring (bicyclic) bond motifs is 1. The van der Waals surface area contributed by atoms with Crippen LogP contribution in [0, 0.1) is 0 Å². The summed E-state index contributed by atoms with van der Waals surface area (Å²) in [4.78, 5) is 14.8. The van der Waals surface area contributed by atoms with E-state index >= 15 is 0 Å². The molecule has 2 aliphatic rings. The van der Waals surface area contributed by atoms with Crippen LogP contribution in [0.3, 0.4) is 0 Å². The first-order chi connectivity index (χ1) is 9.69. The summed E-state index contributed by atoms with van der Waals surface area (Å²) < 4.78 is 0. The molecule has 6 heteroatoms. The van der Waals surface area contributed by atoms with Crippen molar-refractivity contribution in [1.29, 1.82) is 0 Å². The Morgan fingerprint density at radius 2 is 2.35 bits per heavy atom. The maximum absolute atomic E-state index is 12.3. The standard InChI is InChI=1S/C14H23N5O/c1-2-11-12(15)13(18-17-11)14(20)16-9-5-7-19-6-3-4-10(19)8-9/h9-10H,2-8,15H2,1H3,(H,16,20)(H,17,18). The van der Waals surface area contributed by atoms with E-state index < -0.39 is 0 Å². The third kappa shape index (κ3) is 2.40. The van der Waals surface area contributed by atoms with Crippen molar-refractivity contribution in [2.75, 3.05) is 18.8 Å². The van der Waals surface area contributed by atoms with E-state index in [2.05, 4.69) is 20.4 Å². The number of nitrogen functional groups attached to an aromatic ring is 1. The summed E-state index contributed by atoms with van der Waals surface area (Å²) in [7, 11) is 0. The van der Waals surface area contributed by atoms with Gasteiger partial charge in [0.15, 0.2) is 5.69 Å². The number of aryl methyl sites for hydroxylation is 1. The van der Waals surface area contributed by atoms with Gasteiger partial charge in [-0.25, -0.2) is 0 Å². The number of aromatic nitrogens is 2. The van der Waals surface area contributed by atoms with Crippen molar-refractivity contribution in [3.63, 3.8) is 0 Å². The largest absolute Gasteiger partial charge is 0.395 e. The van der Waals surface area contributed by atoms with Crippen LogP contribution in [0.2, 0.25) is 0 Å². The van der Waals surface area contributed by atoms with Gasteiger partial charge >= 0.3 is 0 Å². The number of amides is 1. The normalized spacial score (nSPS) is 26.4. The lowest BCUT2D eigenvalue weighted by atomic mass is 9.97. The minimum absolute atomic E-state index is 0.144. The van der Waals surface area contributed by atoms with Crippen LogP contribution in [0.5, 0.6) is 0 Å². The fraction of sp³-hybridized carbons (Fsp3) is 0.714. The van der Waals surface area contributed by atoms with Gasteiger partial charge < -0.3 is 16.0 Å². The Kier molecular flexibility index (Phi) is 3.65. The number of carbonyl (C=O) groups excluding carboxylic acids is 1. The smallest absolute Gasteiger partial charge is 0.274 e. The molecule has 2 saturated heterocycles. The van der Waals surface area contributed by atoms with Gasteiger partial charge in [0.1, 0.15) is 0 Å². The second-order valence-electron chi connectivity index (χ2n) is 5.84. The van der Waals surface area contributed by atoms with Crippen molar-refractivity contribution >= 4 is 11.6 Å². The minimum Gasteiger partial charge on any atom is -0.395 e. The van der Waals surface area contributed by atoms with Crippen molar-refractivity contribution in [1.82, 2.24) is 20.4 Å². The molecule has 4 N–H and O–H groups in total. The molecule has 0 aliphatic carbocycles. The number of aromatic amines is 1. The molecule has 1 aromatic rings. The molecule has 20 heavy (non-hydrogen) atoms. The maximum Gasteiger partial charge on any atom is 0.274 e. The summed E-state index contributed by atoms with van der Waals surface area (Å²) in [5.41, 5.74) is 7.61. The van der Waals surface area contributed by atoms with Gasteiger partial charge in [0, 0.05) is 18.6 Å². The van der Waals surface area contributed by atoms with Crippen LogP contribution in [0.25, 0.3) is 0 Å². The zero-order valence-electron chi connectivity index (χ0n) is 12.0. The highest BCUT2D eigenvalue weighted by molar-refractivity contribution is 5.97. The molecule has 0 bridgehead atoms. The first-order valence-corrected chi connectivity index (χ1v) is 7.56. The quantitative estimate of drug-likeness (QED) is 0.766. The van der Waals surface area contributed by atoms with Gasteiger partial charge in [-0.3, -0.25) is 9.89 Å². The molecule has 2 unspecified atom stereocenters. The molecule has 6 nitrogen and oxygen atoms in total. The molecular formula is C14H23N5O. The van der Waals surface area contributed by atoms with Crippen LogP contribution in [0.1, 0.15) is 48.8 Å². The molecule has 3 rings (SSSR count). The Hall–Kier alpha value is -1.56. The van der Waals surface area contributed by atoms with E-state index in [-0.39, 0.29) is 11.9 Å². The van der Waals surface area contributed by atoms with E-state index in [4.69, 9.17) is 5.73 Å². The predicted molar refractivity (Wildman–Crippen MR) is 77.5 cm³/mol. The van der Waals surface area contributed by atoms with Crippen molar-refractivity contribution in [3.8, 4) is 0 Å². The number of nitrogens with two attached hydrogens (primary N) is 1. The molecule has 0 aromatic carbocycles. The van der Waals surface area contributed by atoms with E-state index in [1.54, 1.807) is 0 Å². The number of hydrogen-bond donors (Lipinski definition) is 3. The molecule has 0 saturated carbocycles. The minimum atomic E-state index is -0.144. The zero-order chi connectivity index (χ0) is 14.1. The maximum atomic E-state index is 12.3. The fourth-order valence-corrected chi connectivity index (χ4v) is 3.44. The lowest BCUT2D eigenvalue weighted by molar-refractivity contribution is 0.0892. The summed E-state index contributed by atoms with van der Waals surface area (Å²) in [5.74, 6) is -0.144. The summed E-state index contributed by atoms with van der Waals surface area (Å²) in [6, 6.07) is 0.903. The number of hydrogen-bond acceptors (Lipinski definition) is 4. The summed E-state index contributed by atoms with van der Waals surface area (Å²) in [5, 5.41) is 9.98. The molecule has 2 fully saturated rings. The first kappa shape index (κ1) is 13.4. The van der Waals surface area contributed by atoms with E-state index in [0.29, 0.717) is 17.4 Å². The van der Waals surface area contributed by atoms with Gasteiger partial charge in [-0.2, -0.15) is 5.10 Å². The van der Waals surface area contributed by atoms with Crippen molar-refractivity contribution in [3.05, 3.63) is 11.4 Å². The Labute approximate surface area is 119 Å². The van der Waals surface area contributed by atoms with Gasteiger partial charge in [-0.15, -0.1) is 0 Å². The fourth-order valence-electron chi connectivity index (χ4n) is 3.44. The second kappa shape index (κ2) is 5.44. The lowest BCUT2D eigenvalue weighted by Gasteiger charge is -2.35. The molecule has 0 spiro atoms. The highest BCUT2D eigenvalue weighted by Crippen LogP contribution is 2.27. The average Bonchev–Trinajstić information content (AvgIpc) is 3.04. The number of piperidine rings is 1. The molecule has 3 heterocycles. The van der Waals surface area contributed by atoms with Crippen LogP contribution < -0.4 is 11.1 Å². The highest BCUT2D eigenvalue weighted by atomic mass is 16.2. The van der Waals surface area contributed by atoms with E-state index in [1.807, 2.05) is 6.92 Å². The summed E-state index contributed by atoms with van der Waals surface area (Å²) >= 11 is 0. The third-order valence-electron chi connectivity index (χ3n) is 4.61.